The zero-order valence-electron chi connectivity index (χ0n) is 10.5. The SMILES string of the molecule is C.C.C1=CCCCC1.CC.CC(C)(C)C. The monoisotopic (exact) mass is 216 g/mol. The standard InChI is InChI=1S/C6H10.C5H12.C2H6.2CH4/c1-2-4-6-5-3-1;1-5(2,3)4;1-2;;/h1-2H,3-6H2;1-4H3;1-2H3;2*1H4. The number of hydrogen-bond acceptors (Lipinski definition) is 0. The molecular formula is C15H36. The molecule has 0 aliphatic heterocycles. The molecule has 0 amide bonds. The van der Waals surface area contributed by atoms with Gasteiger partial charge in [0.15, 0.2) is 0 Å². The van der Waals surface area contributed by atoms with Crippen molar-refractivity contribution in [1.82, 2.24) is 0 Å². The van der Waals surface area contributed by atoms with Gasteiger partial charge in [-0.3, -0.25) is 0 Å². The van der Waals surface area contributed by atoms with Crippen molar-refractivity contribution in [3.8, 4) is 0 Å². The van der Waals surface area contributed by atoms with Gasteiger partial charge in [0.25, 0.3) is 0 Å². The summed E-state index contributed by atoms with van der Waals surface area (Å²) in [5.74, 6) is 0. The van der Waals surface area contributed by atoms with E-state index in [0.29, 0.717) is 5.41 Å². The lowest BCUT2D eigenvalue weighted by Crippen LogP contribution is -1.93. The highest BCUT2D eigenvalue weighted by Crippen LogP contribution is 2.08. The van der Waals surface area contributed by atoms with E-state index < -0.39 is 0 Å². The third-order valence-corrected chi connectivity index (χ3v) is 1.16. The Morgan fingerprint density at radius 3 is 1.00 bits per heavy atom. The van der Waals surface area contributed by atoms with E-state index in [9.17, 15) is 0 Å². The first-order chi connectivity index (χ1) is 6.00. The molecule has 1 aliphatic carbocycles. The van der Waals surface area contributed by atoms with Crippen molar-refractivity contribution in [2.75, 3.05) is 0 Å². The van der Waals surface area contributed by atoms with Crippen LogP contribution in [0.15, 0.2) is 12.2 Å². The molecule has 0 fully saturated rings. The van der Waals surface area contributed by atoms with Crippen LogP contribution < -0.4 is 0 Å². The van der Waals surface area contributed by atoms with Crippen molar-refractivity contribution in [2.45, 2.75) is 82.1 Å². The van der Waals surface area contributed by atoms with Gasteiger partial charge in [-0.1, -0.05) is 68.5 Å². The fourth-order valence-electron chi connectivity index (χ4n) is 0.760. The van der Waals surface area contributed by atoms with Crippen LogP contribution in [0.25, 0.3) is 0 Å². The van der Waals surface area contributed by atoms with E-state index in [1.54, 1.807) is 0 Å². The Bertz CT molecular complexity index is 89.7. The molecule has 0 aromatic carbocycles. The van der Waals surface area contributed by atoms with Crippen LogP contribution in [0.1, 0.15) is 82.1 Å². The normalized spacial score (nSPS) is 12.9. The molecule has 0 nitrogen and oxygen atoms in total. The van der Waals surface area contributed by atoms with Crippen LogP contribution in [0.3, 0.4) is 0 Å². The Balaban J connectivity index is -0.0000000629. The van der Waals surface area contributed by atoms with E-state index in [0.717, 1.165) is 0 Å². The third-order valence-electron chi connectivity index (χ3n) is 1.16. The quantitative estimate of drug-likeness (QED) is 0.407. The van der Waals surface area contributed by atoms with Crippen molar-refractivity contribution in [3.05, 3.63) is 12.2 Å². The molecule has 15 heavy (non-hydrogen) atoms. The lowest BCUT2D eigenvalue weighted by Gasteiger charge is -2.05. The van der Waals surface area contributed by atoms with E-state index in [2.05, 4.69) is 39.8 Å². The minimum atomic E-state index is 0. The van der Waals surface area contributed by atoms with Gasteiger partial charge in [0.2, 0.25) is 0 Å². The molecule has 0 heterocycles. The topological polar surface area (TPSA) is 0 Å². The Morgan fingerprint density at radius 1 is 0.733 bits per heavy atom. The molecule has 0 unspecified atom stereocenters. The first kappa shape index (κ1) is 24.1. The predicted molar refractivity (Wildman–Crippen MR) is 77.5 cm³/mol. The van der Waals surface area contributed by atoms with Gasteiger partial charge < -0.3 is 0 Å². The minimum Gasteiger partial charge on any atom is -0.0885 e. The lowest BCUT2D eigenvalue weighted by atomic mass is 10.0. The summed E-state index contributed by atoms with van der Waals surface area (Å²) in [5, 5.41) is 0. The molecule has 0 saturated carbocycles. The smallest absolute Gasteiger partial charge is 0.0351 e. The van der Waals surface area contributed by atoms with Gasteiger partial charge in [0, 0.05) is 0 Å². The maximum absolute atomic E-state index is 2.27. The fraction of sp³-hybridized carbons (Fsp3) is 0.867. The molecule has 0 N–H and O–H groups in total. The highest BCUT2D eigenvalue weighted by molar-refractivity contribution is 4.85. The number of allylic oxidation sites excluding steroid dienone is 2. The summed E-state index contributed by atoms with van der Waals surface area (Å²) in [6.45, 7) is 12.8. The van der Waals surface area contributed by atoms with Crippen molar-refractivity contribution < 1.29 is 0 Å². The zero-order chi connectivity index (χ0) is 10.7. The average molecular weight is 216 g/mol. The second kappa shape index (κ2) is 16.2. The lowest BCUT2D eigenvalue weighted by molar-refractivity contribution is 0.469. The van der Waals surface area contributed by atoms with Crippen LogP contribution in [0.4, 0.5) is 0 Å². The molecule has 1 rings (SSSR count). The molecule has 0 saturated heterocycles. The Morgan fingerprint density at radius 2 is 0.933 bits per heavy atom. The van der Waals surface area contributed by atoms with Gasteiger partial charge in [-0.2, -0.15) is 0 Å². The van der Waals surface area contributed by atoms with E-state index in [4.69, 9.17) is 0 Å². The first-order valence-corrected chi connectivity index (χ1v) is 5.65. The summed E-state index contributed by atoms with van der Waals surface area (Å²) >= 11 is 0. The maximum atomic E-state index is 2.27. The molecule has 0 heteroatoms. The van der Waals surface area contributed by atoms with E-state index in [1.807, 2.05) is 13.8 Å². The van der Waals surface area contributed by atoms with E-state index in [-0.39, 0.29) is 14.9 Å². The molecular weight excluding hydrogens is 180 g/mol. The fourth-order valence-corrected chi connectivity index (χ4v) is 0.760. The van der Waals surface area contributed by atoms with Gasteiger partial charge in [-0.15, -0.1) is 0 Å². The van der Waals surface area contributed by atoms with Crippen molar-refractivity contribution in [1.29, 1.82) is 0 Å². The minimum absolute atomic E-state index is 0. The Kier molecular flexibility index (Phi) is 26.0. The highest BCUT2D eigenvalue weighted by Gasteiger charge is 1.95. The van der Waals surface area contributed by atoms with Crippen LogP contribution in [0, 0.1) is 5.41 Å². The van der Waals surface area contributed by atoms with Gasteiger partial charge in [0.1, 0.15) is 0 Å². The van der Waals surface area contributed by atoms with Gasteiger partial charge in [-0.05, 0) is 31.1 Å². The summed E-state index contributed by atoms with van der Waals surface area (Å²) in [7, 11) is 0. The van der Waals surface area contributed by atoms with Crippen LogP contribution in [-0.2, 0) is 0 Å². The van der Waals surface area contributed by atoms with Crippen LogP contribution in [0.2, 0.25) is 0 Å². The molecule has 0 radical (unpaired) electrons. The van der Waals surface area contributed by atoms with Crippen molar-refractivity contribution in [2.24, 2.45) is 5.41 Å². The molecule has 0 atom stereocenters. The summed E-state index contributed by atoms with van der Waals surface area (Å²) < 4.78 is 0. The third kappa shape index (κ3) is 57.5. The molecule has 0 spiro atoms. The Labute approximate surface area is 100 Å². The van der Waals surface area contributed by atoms with Crippen LogP contribution in [-0.4, -0.2) is 0 Å². The van der Waals surface area contributed by atoms with Gasteiger partial charge in [0.05, 0.1) is 0 Å². The highest BCUT2D eigenvalue weighted by atomic mass is 14.0. The van der Waals surface area contributed by atoms with Gasteiger partial charge in [-0.25, -0.2) is 0 Å². The second-order valence-electron chi connectivity index (χ2n) is 4.76. The van der Waals surface area contributed by atoms with Crippen LogP contribution >= 0.6 is 0 Å². The summed E-state index contributed by atoms with van der Waals surface area (Å²) in [6, 6.07) is 0. The first-order valence-electron chi connectivity index (χ1n) is 5.65. The van der Waals surface area contributed by atoms with E-state index in [1.165, 1.54) is 25.7 Å². The van der Waals surface area contributed by atoms with Crippen molar-refractivity contribution >= 4 is 0 Å². The largest absolute Gasteiger partial charge is 0.0885 e. The second-order valence-corrected chi connectivity index (χ2v) is 4.76. The predicted octanol–water partition coefficient (Wildman–Crippen LogP) is 6.47. The molecule has 0 bridgehead atoms. The number of rotatable bonds is 0. The summed E-state index contributed by atoms with van der Waals surface area (Å²) in [6.07, 6.45) is 10.0. The summed E-state index contributed by atoms with van der Waals surface area (Å²) in [4.78, 5) is 0. The van der Waals surface area contributed by atoms with Crippen molar-refractivity contribution in [3.63, 3.8) is 0 Å². The molecule has 0 aromatic rings. The maximum Gasteiger partial charge on any atom is -0.0351 e. The van der Waals surface area contributed by atoms with E-state index >= 15 is 0 Å². The molecule has 96 valence electrons. The molecule has 1 aliphatic rings. The number of hydrogen-bond donors (Lipinski definition) is 0. The average Bonchev–Trinajstić information content (AvgIpc) is 2.08. The van der Waals surface area contributed by atoms with Gasteiger partial charge >= 0.3 is 0 Å². The Hall–Kier alpha value is -0.260. The zero-order valence-corrected chi connectivity index (χ0v) is 10.5. The molecule has 0 aromatic heterocycles. The van der Waals surface area contributed by atoms with Crippen LogP contribution in [0.5, 0.6) is 0 Å². The summed E-state index contributed by atoms with van der Waals surface area (Å²) in [5.41, 5.74) is 0.500.